The van der Waals surface area contributed by atoms with Gasteiger partial charge in [0, 0.05) is 4.47 Å². The predicted molar refractivity (Wildman–Crippen MR) is 76.7 cm³/mol. The van der Waals surface area contributed by atoms with Gasteiger partial charge in [0.1, 0.15) is 11.5 Å². The molecule has 0 aliphatic carbocycles. The smallest absolute Gasteiger partial charge is 0.349 e. The van der Waals surface area contributed by atoms with E-state index >= 15 is 0 Å². The molecular weight excluding hydrogens is 332 g/mol. The van der Waals surface area contributed by atoms with E-state index in [9.17, 15) is 4.79 Å². The Morgan fingerprint density at radius 2 is 1.95 bits per heavy atom. The number of hydrogen-bond donors (Lipinski definition) is 0. The maximum Gasteiger partial charge on any atom is 0.349 e. The first kappa shape index (κ1) is 13.9. The molecule has 0 saturated carbocycles. The molecule has 0 aliphatic rings. The molecule has 0 unspecified atom stereocenters. The molecule has 0 aromatic heterocycles. The van der Waals surface area contributed by atoms with Gasteiger partial charge in [-0.3, -0.25) is 0 Å². The highest BCUT2D eigenvalue weighted by Gasteiger charge is 2.08. The lowest BCUT2D eigenvalue weighted by Crippen LogP contribution is -2.17. The van der Waals surface area contributed by atoms with Gasteiger partial charge in [0.25, 0.3) is 0 Å². The van der Waals surface area contributed by atoms with Crippen molar-refractivity contribution in [3.8, 4) is 11.5 Å². The molecule has 0 radical (unpaired) electrons. The van der Waals surface area contributed by atoms with E-state index in [1.54, 1.807) is 36.4 Å². The molecule has 0 atom stereocenters. The SMILES string of the molecule is O=C(COc1cccc(Br)c1)Oc1ccccc1Cl. The number of carbonyl (C=O) groups excluding carboxylic acids is 1. The highest BCUT2D eigenvalue weighted by molar-refractivity contribution is 9.10. The number of ether oxygens (including phenoxy) is 2. The second-order valence-corrected chi connectivity index (χ2v) is 4.97. The minimum Gasteiger partial charge on any atom is -0.482 e. The Bertz CT molecular complexity index is 586. The minimum absolute atomic E-state index is 0.179. The summed E-state index contributed by atoms with van der Waals surface area (Å²) >= 11 is 9.20. The summed E-state index contributed by atoms with van der Waals surface area (Å²) in [4.78, 5) is 11.6. The number of halogens is 2. The van der Waals surface area contributed by atoms with Crippen LogP contribution in [0.4, 0.5) is 0 Å². The molecule has 0 amide bonds. The van der Waals surface area contributed by atoms with Crippen LogP contribution in [0.25, 0.3) is 0 Å². The average Bonchev–Trinajstić information content (AvgIpc) is 2.39. The van der Waals surface area contributed by atoms with E-state index in [1.807, 2.05) is 12.1 Å². The van der Waals surface area contributed by atoms with Crippen molar-refractivity contribution in [2.24, 2.45) is 0 Å². The van der Waals surface area contributed by atoms with E-state index in [2.05, 4.69) is 15.9 Å². The maximum atomic E-state index is 11.6. The molecule has 5 heteroatoms. The Labute approximate surface area is 124 Å². The standard InChI is InChI=1S/C14H10BrClO3/c15-10-4-3-5-11(8-10)18-9-14(17)19-13-7-2-1-6-12(13)16/h1-8H,9H2. The van der Waals surface area contributed by atoms with Crippen LogP contribution in [0.15, 0.2) is 53.0 Å². The highest BCUT2D eigenvalue weighted by atomic mass is 79.9. The van der Waals surface area contributed by atoms with Gasteiger partial charge in [0.15, 0.2) is 6.61 Å². The maximum absolute atomic E-state index is 11.6. The zero-order chi connectivity index (χ0) is 13.7. The van der Waals surface area contributed by atoms with Gasteiger partial charge >= 0.3 is 5.97 Å². The summed E-state index contributed by atoms with van der Waals surface area (Å²) in [6.45, 7) is -0.179. The van der Waals surface area contributed by atoms with Crippen LogP contribution in [0.5, 0.6) is 11.5 Å². The van der Waals surface area contributed by atoms with Crippen molar-refractivity contribution in [1.29, 1.82) is 0 Å². The van der Waals surface area contributed by atoms with E-state index in [0.29, 0.717) is 16.5 Å². The Kier molecular flexibility index (Phi) is 4.82. The van der Waals surface area contributed by atoms with Crippen LogP contribution < -0.4 is 9.47 Å². The average molecular weight is 342 g/mol. The predicted octanol–water partition coefficient (Wildman–Crippen LogP) is 4.09. The third kappa shape index (κ3) is 4.26. The molecule has 0 aliphatic heterocycles. The molecule has 2 aromatic rings. The largest absolute Gasteiger partial charge is 0.482 e. The van der Waals surface area contributed by atoms with Crippen LogP contribution in [-0.4, -0.2) is 12.6 Å². The van der Waals surface area contributed by atoms with Crippen LogP contribution >= 0.6 is 27.5 Å². The summed E-state index contributed by atoms with van der Waals surface area (Å²) in [5.41, 5.74) is 0. The number of carbonyl (C=O) groups is 1. The van der Waals surface area contributed by atoms with E-state index in [-0.39, 0.29) is 6.61 Å². The minimum atomic E-state index is -0.506. The molecule has 0 heterocycles. The van der Waals surface area contributed by atoms with E-state index < -0.39 is 5.97 Å². The van der Waals surface area contributed by atoms with E-state index in [0.717, 1.165) is 4.47 Å². The van der Waals surface area contributed by atoms with Gasteiger partial charge in [0.2, 0.25) is 0 Å². The van der Waals surface area contributed by atoms with Gasteiger partial charge in [-0.05, 0) is 30.3 Å². The van der Waals surface area contributed by atoms with Crippen LogP contribution in [-0.2, 0) is 4.79 Å². The van der Waals surface area contributed by atoms with Crippen LogP contribution in [0.1, 0.15) is 0 Å². The van der Waals surface area contributed by atoms with Crippen LogP contribution in [0.3, 0.4) is 0 Å². The van der Waals surface area contributed by atoms with Crippen LogP contribution in [0.2, 0.25) is 5.02 Å². The van der Waals surface area contributed by atoms with Crippen molar-refractivity contribution in [3.63, 3.8) is 0 Å². The molecule has 98 valence electrons. The lowest BCUT2D eigenvalue weighted by Gasteiger charge is -2.07. The number of rotatable bonds is 4. The van der Waals surface area contributed by atoms with Crippen molar-refractivity contribution < 1.29 is 14.3 Å². The van der Waals surface area contributed by atoms with Crippen molar-refractivity contribution in [2.45, 2.75) is 0 Å². The van der Waals surface area contributed by atoms with Gasteiger partial charge < -0.3 is 9.47 Å². The van der Waals surface area contributed by atoms with E-state index in [1.165, 1.54) is 0 Å². The zero-order valence-corrected chi connectivity index (χ0v) is 12.1. The van der Waals surface area contributed by atoms with Gasteiger partial charge in [0.05, 0.1) is 5.02 Å². The van der Waals surface area contributed by atoms with Crippen molar-refractivity contribution in [3.05, 3.63) is 58.0 Å². The lowest BCUT2D eigenvalue weighted by molar-refractivity contribution is -0.136. The van der Waals surface area contributed by atoms with Gasteiger partial charge in [-0.2, -0.15) is 0 Å². The number of hydrogen-bond acceptors (Lipinski definition) is 3. The first-order valence-corrected chi connectivity index (χ1v) is 6.66. The highest BCUT2D eigenvalue weighted by Crippen LogP contribution is 2.23. The third-order valence-electron chi connectivity index (χ3n) is 2.21. The van der Waals surface area contributed by atoms with Gasteiger partial charge in [-0.15, -0.1) is 0 Å². The van der Waals surface area contributed by atoms with Gasteiger partial charge in [-0.1, -0.05) is 45.7 Å². The number of esters is 1. The fourth-order valence-electron chi connectivity index (χ4n) is 1.38. The third-order valence-corrected chi connectivity index (χ3v) is 3.02. The molecule has 0 fully saturated rings. The van der Waals surface area contributed by atoms with Crippen LogP contribution in [0, 0.1) is 0 Å². The lowest BCUT2D eigenvalue weighted by atomic mass is 10.3. The number of para-hydroxylation sites is 1. The summed E-state index contributed by atoms with van der Waals surface area (Å²) in [6.07, 6.45) is 0. The molecule has 2 aromatic carbocycles. The molecule has 0 spiro atoms. The monoisotopic (exact) mass is 340 g/mol. The topological polar surface area (TPSA) is 35.5 Å². The molecule has 19 heavy (non-hydrogen) atoms. The molecule has 0 saturated heterocycles. The summed E-state index contributed by atoms with van der Waals surface area (Å²) < 4.78 is 11.3. The molecule has 0 N–H and O–H groups in total. The summed E-state index contributed by atoms with van der Waals surface area (Å²) in [7, 11) is 0. The Hall–Kier alpha value is -1.52. The first-order valence-electron chi connectivity index (χ1n) is 5.49. The second kappa shape index (κ2) is 6.59. The fourth-order valence-corrected chi connectivity index (χ4v) is 1.93. The normalized spacial score (nSPS) is 10.0. The van der Waals surface area contributed by atoms with Crippen molar-refractivity contribution in [2.75, 3.05) is 6.61 Å². The molecule has 0 bridgehead atoms. The summed E-state index contributed by atoms with van der Waals surface area (Å²) in [5.74, 6) is 0.408. The molecule has 3 nitrogen and oxygen atoms in total. The molecular formula is C14H10BrClO3. The fraction of sp³-hybridized carbons (Fsp3) is 0.0714. The summed E-state index contributed by atoms with van der Waals surface area (Å²) in [5, 5.41) is 0.387. The summed E-state index contributed by atoms with van der Waals surface area (Å²) in [6, 6.07) is 14.0. The zero-order valence-electron chi connectivity index (χ0n) is 9.81. The van der Waals surface area contributed by atoms with E-state index in [4.69, 9.17) is 21.1 Å². The molecule has 2 rings (SSSR count). The van der Waals surface area contributed by atoms with Crippen molar-refractivity contribution >= 4 is 33.5 Å². The Balaban J connectivity index is 1.90. The van der Waals surface area contributed by atoms with Crippen molar-refractivity contribution in [1.82, 2.24) is 0 Å². The Morgan fingerprint density at radius 3 is 2.68 bits per heavy atom. The van der Waals surface area contributed by atoms with Gasteiger partial charge in [-0.25, -0.2) is 4.79 Å². The number of benzene rings is 2. The first-order chi connectivity index (χ1) is 9.15. The Morgan fingerprint density at radius 1 is 1.16 bits per heavy atom. The second-order valence-electron chi connectivity index (χ2n) is 3.65. The quantitative estimate of drug-likeness (QED) is 0.621.